The van der Waals surface area contributed by atoms with Crippen molar-refractivity contribution in [1.29, 1.82) is 0 Å². The number of imidazole rings is 1. The van der Waals surface area contributed by atoms with Crippen molar-refractivity contribution in [3.05, 3.63) is 29.0 Å². The number of aromatic nitrogens is 2. The summed E-state index contributed by atoms with van der Waals surface area (Å²) >= 11 is 12.2. The van der Waals surface area contributed by atoms with Gasteiger partial charge in [-0.25, -0.2) is 4.98 Å². The summed E-state index contributed by atoms with van der Waals surface area (Å²) in [6.45, 7) is 5.48. The summed E-state index contributed by atoms with van der Waals surface area (Å²) < 4.78 is 7.74. The lowest BCUT2D eigenvalue weighted by Crippen LogP contribution is -2.18. The first-order valence-electron chi connectivity index (χ1n) is 6.48. The molecule has 5 heteroatoms. The zero-order valence-corrected chi connectivity index (χ0v) is 12.7. The molecule has 1 unspecified atom stereocenters. The van der Waals surface area contributed by atoms with Crippen molar-refractivity contribution in [1.82, 2.24) is 9.55 Å². The van der Waals surface area contributed by atoms with E-state index >= 15 is 0 Å². The standard InChI is InChI=1S/C14H18Cl2N2O/c1-3-19-10(2)9-18-13(7-8-15)17-12-6-4-5-11(16)14(12)18/h4-6,10H,3,7-9H2,1-2H3. The van der Waals surface area contributed by atoms with Crippen molar-refractivity contribution in [2.75, 3.05) is 12.5 Å². The predicted octanol–water partition coefficient (Wildman–Crippen LogP) is 3.90. The lowest BCUT2D eigenvalue weighted by molar-refractivity contribution is 0.0643. The molecule has 0 spiro atoms. The normalized spacial score (nSPS) is 13.1. The van der Waals surface area contributed by atoms with Gasteiger partial charge in [-0.3, -0.25) is 0 Å². The summed E-state index contributed by atoms with van der Waals surface area (Å²) in [5.74, 6) is 1.51. The SMILES string of the molecule is CCOC(C)Cn1c(CCCl)nc2cccc(Cl)c21. The van der Waals surface area contributed by atoms with Gasteiger partial charge in [0, 0.05) is 18.9 Å². The van der Waals surface area contributed by atoms with E-state index in [0.717, 1.165) is 34.8 Å². The first-order chi connectivity index (χ1) is 9.17. The summed E-state index contributed by atoms with van der Waals surface area (Å²) in [4.78, 5) is 4.61. The molecule has 0 aliphatic carbocycles. The molecule has 3 nitrogen and oxygen atoms in total. The van der Waals surface area contributed by atoms with E-state index in [2.05, 4.69) is 16.5 Å². The minimum absolute atomic E-state index is 0.118. The fraction of sp³-hybridized carbons (Fsp3) is 0.500. The minimum atomic E-state index is 0.118. The van der Waals surface area contributed by atoms with Gasteiger partial charge in [-0.05, 0) is 26.0 Å². The molecule has 1 aromatic heterocycles. The van der Waals surface area contributed by atoms with E-state index in [0.29, 0.717) is 12.5 Å². The molecule has 2 aromatic rings. The fourth-order valence-corrected chi connectivity index (χ4v) is 2.70. The molecular weight excluding hydrogens is 283 g/mol. The van der Waals surface area contributed by atoms with Crippen LogP contribution in [0.4, 0.5) is 0 Å². The van der Waals surface area contributed by atoms with Gasteiger partial charge in [0.2, 0.25) is 0 Å². The van der Waals surface area contributed by atoms with Crippen molar-refractivity contribution in [2.24, 2.45) is 0 Å². The second-order valence-electron chi connectivity index (χ2n) is 4.45. The van der Waals surface area contributed by atoms with E-state index in [9.17, 15) is 0 Å². The van der Waals surface area contributed by atoms with Crippen LogP contribution in [-0.4, -0.2) is 28.1 Å². The van der Waals surface area contributed by atoms with Crippen LogP contribution in [0.3, 0.4) is 0 Å². The number of hydrogen-bond acceptors (Lipinski definition) is 2. The van der Waals surface area contributed by atoms with E-state index in [-0.39, 0.29) is 6.10 Å². The average Bonchev–Trinajstić information content (AvgIpc) is 2.70. The third kappa shape index (κ3) is 3.22. The maximum Gasteiger partial charge on any atom is 0.111 e. The van der Waals surface area contributed by atoms with Crippen LogP contribution >= 0.6 is 23.2 Å². The van der Waals surface area contributed by atoms with E-state index in [1.165, 1.54) is 0 Å². The number of rotatable bonds is 6. The molecule has 0 amide bonds. The van der Waals surface area contributed by atoms with Crippen LogP contribution in [0.5, 0.6) is 0 Å². The van der Waals surface area contributed by atoms with Crippen molar-refractivity contribution >= 4 is 34.2 Å². The molecule has 0 aliphatic rings. The van der Waals surface area contributed by atoms with Crippen LogP contribution in [0.2, 0.25) is 5.02 Å². The summed E-state index contributed by atoms with van der Waals surface area (Å²) in [5, 5.41) is 0.717. The van der Waals surface area contributed by atoms with Gasteiger partial charge in [0.15, 0.2) is 0 Å². The van der Waals surface area contributed by atoms with Gasteiger partial charge in [-0.15, -0.1) is 11.6 Å². The Morgan fingerprint density at radius 1 is 1.42 bits per heavy atom. The highest BCUT2D eigenvalue weighted by Gasteiger charge is 2.15. The van der Waals surface area contributed by atoms with E-state index in [4.69, 9.17) is 27.9 Å². The number of benzene rings is 1. The maximum absolute atomic E-state index is 6.30. The quantitative estimate of drug-likeness (QED) is 0.757. The van der Waals surface area contributed by atoms with Crippen LogP contribution in [0.25, 0.3) is 11.0 Å². The Morgan fingerprint density at radius 2 is 2.21 bits per heavy atom. The van der Waals surface area contributed by atoms with Gasteiger partial charge in [-0.1, -0.05) is 17.7 Å². The second-order valence-corrected chi connectivity index (χ2v) is 5.24. The van der Waals surface area contributed by atoms with Crippen LogP contribution in [0.15, 0.2) is 18.2 Å². The van der Waals surface area contributed by atoms with Crippen LogP contribution in [-0.2, 0) is 17.7 Å². The zero-order chi connectivity index (χ0) is 13.8. The molecule has 0 fully saturated rings. The zero-order valence-electron chi connectivity index (χ0n) is 11.2. The van der Waals surface area contributed by atoms with Gasteiger partial charge >= 0.3 is 0 Å². The van der Waals surface area contributed by atoms with Crippen LogP contribution in [0.1, 0.15) is 19.7 Å². The van der Waals surface area contributed by atoms with E-state index < -0.39 is 0 Å². The van der Waals surface area contributed by atoms with Gasteiger partial charge in [0.1, 0.15) is 5.82 Å². The van der Waals surface area contributed by atoms with Gasteiger partial charge < -0.3 is 9.30 Å². The molecule has 19 heavy (non-hydrogen) atoms. The Morgan fingerprint density at radius 3 is 2.89 bits per heavy atom. The number of alkyl halides is 1. The number of nitrogens with zero attached hydrogens (tertiary/aromatic N) is 2. The number of hydrogen-bond donors (Lipinski definition) is 0. The largest absolute Gasteiger partial charge is 0.377 e. The van der Waals surface area contributed by atoms with Crippen molar-refractivity contribution in [2.45, 2.75) is 32.9 Å². The highest BCUT2D eigenvalue weighted by Crippen LogP contribution is 2.25. The predicted molar refractivity (Wildman–Crippen MR) is 80.3 cm³/mol. The van der Waals surface area contributed by atoms with Gasteiger partial charge in [0.25, 0.3) is 0 Å². The van der Waals surface area contributed by atoms with Crippen molar-refractivity contribution < 1.29 is 4.74 Å². The molecule has 2 rings (SSSR count). The minimum Gasteiger partial charge on any atom is -0.377 e. The Hall–Kier alpha value is -0.770. The summed E-state index contributed by atoms with van der Waals surface area (Å²) in [7, 11) is 0. The first-order valence-corrected chi connectivity index (χ1v) is 7.39. The number of para-hydroxylation sites is 1. The second kappa shape index (κ2) is 6.60. The fourth-order valence-electron chi connectivity index (χ4n) is 2.26. The average molecular weight is 301 g/mol. The molecule has 0 bridgehead atoms. The summed E-state index contributed by atoms with van der Waals surface area (Å²) in [5.41, 5.74) is 1.88. The van der Waals surface area contributed by atoms with Crippen molar-refractivity contribution in [3.8, 4) is 0 Å². The molecule has 1 heterocycles. The molecule has 0 saturated heterocycles. The van der Waals surface area contributed by atoms with E-state index in [1.807, 2.05) is 25.1 Å². The molecule has 0 radical (unpaired) electrons. The monoisotopic (exact) mass is 300 g/mol. The molecular formula is C14H18Cl2N2O. The Bertz CT molecular complexity index is 554. The molecule has 0 saturated carbocycles. The lowest BCUT2D eigenvalue weighted by Gasteiger charge is -2.15. The van der Waals surface area contributed by atoms with Crippen LogP contribution < -0.4 is 0 Å². The van der Waals surface area contributed by atoms with Gasteiger partial charge in [0.05, 0.1) is 28.7 Å². The summed E-state index contributed by atoms with van der Waals surface area (Å²) in [6, 6.07) is 5.77. The smallest absolute Gasteiger partial charge is 0.111 e. The summed E-state index contributed by atoms with van der Waals surface area (Å²) in [6.07, 6.45) is 0.846. The topological polar surface area (TPSA) is 27.1 Å². The third-order valence-corrected chi connectivity index (χ3v) is 3.50. The first kappa shape index (κ1) is 14.6. The number of aryl methyl sites for hydroxylation is 1. The number of fused-ring (bicyclic) bond motifs is 1. The maximum atomic E-state index is 6.30. The van der Waals surface area contributed by atoms with Gasteiger partial charge in [-0.2, -0.15) is 0 Å². The highest BCUT2D eigenvalue weighted by atomic mass is 35.5. The van der Waals surface area contributed by atoms with E-state index in [1.54, 1.807) is 0 Å². The third-order valence-electron chi connectivity index (χ3n) is 3.01. The number of halogens is 2. The molecule has 104 valence electrons. The molecule has 1 atom stereocenters. The Kier molecular flexibility index (Phi) is 5.08. The lowest BCUT2D eigenvalue weighted by atomic mass is 10.3. The van der Waals surface area contributed by atoms with Crippen LogP contribution in [0, 0.1) is 0 Å². The molecule has 0 aliphatic heterocycles. The Balaban J connectivity index is 2.44. The highest BCUT2D eigenvalue weighted by molar-refractivity contribution is 6.35. The van der Waals surface area contributed by atoms with Crippen molar-refractivity contribution in [3.63, 3.8) is 0 Å². The Labute approximate surface area is 123 Å². The number of ether oxygens (including phenoxy) is 1. The molecule has 1 aromatic carbocycles. The molecule has 0 N–H and O–H groups in total.